The number of rotatable bonds is 6. The van der Waals surface area contributed by atoms with Crippen LogP contribution in [0.25, 0.3) is 0 Å². The number of benzene rings is 2. The van der Waals surface area contributed by atoms with Crippen molar-refractivity contribution in [1.82, 2.24) is 4.83 Å². The molecule has 2 N–H and O–H groups in total. The third kappa shape index (κ3) is 5.19. The summed E-state index contributed by atoms with van der Waals surface area (Å²) in [6.45, 7) is 1.72. The van der Waals surface area contributed by atoms with Crippen molar-refractivity contribution >= 4 is 27.3 Å². The van der Waals surface area contributed by atoms with Crippen LogP contribution in [0.4, 0.5) is 5.69 Å². The lowest BCUT2D eigenvalue weighted by atomic mass is 9.88. The molecule has 1 aliphatic carbocycles. The average molecular weight is 400 g/mol. The van der Waals surface area contributed by atoms with E-state index >= 15 is 0 Å². The van der Waals surface area contributed by atoms with Gasteiger partial charge in [0.1, 0.15) is 0 Å². The summed E-state index contributed by atoms with van der Waals surface area (Å²) in [7, 11) is -3.71. The molecule has 6 nitrogen and oxygen atoms in total. The molecule has 7 heteroatoms. The van der Waals surface area contributed by atoms with Crippen LogP contribution in [-0.4, -0.2) is 20.0 Å². The first-order valence-corrected chi connectivity index (χ1v) is 11.0. The van der Waals surface area contributed by atoms with Crippen molar-refractivity contribution in [2.45, 2.75) is 43.9 Å². The van der Waals surface area contributed by atoms with Crippen LogP contribution in [0.5, 0.6) is 0 Å². The zero-order valence-electron chi connectivity index (χ0n) is 15.9. The molecule has 0 saturated heterocycles. The number of hydrogen-bond donors (Lipinski definition) is 2. The lowest BCUT2D eigenvalue weighted by molar-refractivity contribution is -0.120. The predicted octanol–water partition coefficient (Wildman–Crippen LogP) is 3.91. The molecule has 1 saturated carbocycles. The van der Waals surface area contributed by atoms with E-state index in [1.807, 2.05) is 18.2 Å². The Morgan fingerprint density at radius 2 is 1.71 bits per heavy atom. The van der Waals surface area contributed by atoms with Crippen molar-refractivity contribution in [2.24, 2.45) is 11.0 Å². The molecule has 0 radical (unpaired) electrons. The summed E-state index contributed by atoms with van der Waals surface area (Å²) < 4.78 is 24.6. The van der Waals surface area contributed by atoms with Gasteiger partial charge in [0.2, 0.25) is 5.91 Å². The molecule has 0 aromatic heterocycles. The Morgan fingerprint density at radius 3 is 2.43 bits per heavy atom. The summed E-state index contributed by atoms with van der Waals surface area (Å²) in [5.41, 5.74) is 1.93. The van der Waals surface area contributed by atoms with Crippen molar-refractivity contribution < 1.29 is 13.2 Å². The largest absolute Gasteiger partial charge is 0.326 e. The molecule has 1 aliphatic rings. The molecular formula is C21H25N3O3S. The number of carbonyl (C=O) groups is 1. The number of nitrogens with zero attached hydrogens (tertiary/aromatic N) is 1. The lowest BCUT2D eigenvalue weighted by Gasteiger charge is -2.20. The van der Waals surface area contributed by atoms with Crippen LogP contribution in [0.3, 0.4) is 0 Å². The number of hydrogen-bond acceptors (Lipinski definition) is 4. The molecule has 2 aromatic carbocycles. The first-order chi connectivity index (χ1) is 13.5. The van der Waals surface area contributed by atoms with Crippen LogP contribution in [0.2, 0.25) is 0 Å². The molecule has 0 bridgehead atoms. The fourth-order valence-electron chi connectivity index (χ4n) is 3.28. The van der Waals surface area contributed by atoms with Gasteiger partial charge >= 0.3 is 0 Å². The second-order valence-electron chi connectivity index (χ2n) is 7.01. The zero-order valence-corrected chi connectivity index (χ0v) is 16.7. The normalized spacial score (nSPS) is 15.8. The fourth-order valence-corrected chi connectivity index (χ4v) is 4.15. The van der Waals surface area contributed by atoms with E-state index in [2.05, 4.69) is 15.2 Å². The van der Waals surface area contributed by atoms with E-state index in [1.54, 1.807) is 31.2 Å². The van der Waals surface area contributed by atoms with Crippen molar-refractivity contribution in [3.8, 4) is 0 Å². The van der Waals surface area contributed by atoms with Crippen molar-refractivity contribution in [1.29, 1.82) is 0 Å². The van der Waals surface area contributed by atoms with Gasteiger partial charge in [0.25, 0.3) is 10.0 Å². The summed E-state index contributed by atoms with van der Waals surface area (Å²) >= 11 is 0. The first kappa shape index (κ1) is 20.1. The van der Waals surface area contributed by atoms with Crippen molar-refractivity contribution in [3.05, 3.63) is 60.2 Å². The highest BCUT2D eigenvalue weighted by Gasteiger charge is 2.21. The van der Waals surface area contributed by atoms with Crippen molar-refractivity contribution in [2.75, 3.05) is 5.32 Å². The van der Waals surface area contributed by atoms with Crippen LogP contribution >= 0.6 is 0 Å². The molecule has 0 atom stereocenters. The van der Waals surface area contributed by atoms with Gasteiger partial charge in [-0.3, -0.25) is 4.79 Å². The van der Waals surface area contributed by atoms with E-state index in [0.29, 0.717) is 11.4 Å². The second kappa shape index (κ2) is 9.01. The highest BCUT2D eigenvalue weighted by molar-refractivity contribution is 7.89. The number of amides is 1. The molecule has 2 aromatic rings. The van der Waals surface area contributed by atoms with E-state index in [-0.39, 0.29) is 16.7 Å². The summed E-state index contributed by atoms with van der Waals surface area (Å²) in [5, 5.41) is 6.99. The van der Waals surface area contributed by atoms with Crippen LogP contribution < -0.4 is 10.1 Å². The molecule has 0 unspecified atom stereocenters. The maximum atomic E-state index is 12.4. The molecular weight excluding hydrogens is 374 g/mol. The molecule has 0 spiro atoms. The zero-order chi connectivity index (χ0) is 20.0. The molecule has 0 aliphatic heterocycles. The highest BCUT2D eigenvalue weighted by atomic mass is 32.2. The number of sulfonamides is 1. The van der Waals surface area contributed by atoms with Crippen LogP contribution in [0, 0.1) is 5.92 Å². The number of hydrazone groups is 1. The lowest BCUT2D eigenvalue weighted by Crippen LogP contribution is -2.24. The fraction of sp³-hybridized carbons (Fsp3) is 0.333. The second-order valence-corrected chi connectivity index (χ2v) is 8.67. The number of anilines is 1. The standard InChI is InChI=1S/C21H25N3O3S/c1-16(23-24-28(26,27)20-13-6-3-7-14-20)18-11-8-12-19(15-18)22-21(25)17-9-4-2-5-10-17/h3,6-8,11-15,17,24H,2,4-5,9-10H2,1H3,(H,22,25)/b23-16-. The van der Waals surface area contributed by atoms with Crippen LogP contribution in [0.15, 0.2) is 64.6 Å². The Kier molecular flexibility index (Phi) is 6.46. The monoisotopic (exact) mass is 399 g/mol. The summed E-state index contributed by atoms with van der Waals surface area (Å²) in [6, 6.07) is 15.3. The minimum atomic E-state index is -3.71. The average Bonchev–Trinajstić information content (AvgIpc) is 2.73. The molecule has 148 valence electrons. The smallest absolute Gasteiger partial charge is 0.276 e. The van der Waals surface area contributed by atoms with Gasteiger partial charge in [-0.05, 0) is 49.6 Å². The van der Waals surface area contributed by atoms with Gasteiger partial charge in [0, 0.05) is 11.6 Å². The topological polar surface area (TPSA) is 87.6 Å². The third-order valence-electron chi connectivity index (χ3n) is 4.91. The van der Waals surface area contributed by atoms with Gasteiger partial charge in [-0.1, -0.05) is 49.6 Å². The Labute approximate surface area is 166 Å². The number of nitrogens with one attached hydrogen (secondary N) is 2. The van der Waals surface area contributed by atoms with Gasteiger partial charge in [-0.15, -0.1) is 0 Å². The minimum Gasteiger partial charge on any atom is -0.326 e. The van der Waals surface area contributed by atoms with E-state index < -0.39 is 10.0 Å². The predicted molar refractivity (Wildman–Crippen MR) is 111 cm³/mol. The maximum absolute atomic E-state index is 12.4. The maximum Gasteiger partial charge on any atom is 0.276 e. The van der Waals surface area contributed by atoms with Gasteiger partial charge < -0.3 is 5.32 Å². The minimum absolute atomic E-state index is 0.0521. The first-order valence-electron chi connectivity index (χ1n) is 9.48. The quantitative estimate of drug-likeness (QED) is 0.570. The SMILES string of the molecule is C/C(=N/NS(=O)(=O)c1ccccc1)c1cccc(NC(=O)C2CCCCC2)c1. The summed E-state index contributed by atoms with van der Waals surface area (Å²) in [4.78, 5) is 14.8. The van der Waals surface area contributed by atoms with Crippen molar-refractivity contribution in [3.63, 3.8) is 0 Å². The van der Waals surface area contributed by atoms with E-state index in [4.69, 9.17) is 0 Å². The molecule has 1 amide bonds. The highest BCUT2D eigenvalue weighted by Crippen LogP contribution is 2.25. The van der Waals surface area contributed by atoms with E-state index in [9.17, 15) is 13.2 Å². The van der Waals surface area contributed by atoms with Gasteiger partial charge in [0.05, 0.1) is 10.6 Å². The molecule has 1 fully saturated rings. The third-order valence-corrected chi connectivity index (χ3v) is 6.14. The van der Waals surface area contributed by atoms with Crippen LogP contribution in [0.1, 0.15) is 44.6 Å². The number of carbonyl (C=O) groups excluding carboxylic acids is 1. The molecule has 3 rings (SSSR count). The van der Waals surface area contributed by atoms with E-state index in [1.165, 1.54) is 18.6 Å². The molecule has 28 heavy (non-hydrogen) atoms. The Bertz CT molecular complexity index is 950. The van der Waals surface area contributed by atoms with Gasteiger partial charge in [-0.2, -0.15) is 18.4 Å². The van der Waals surface area contributed by atoms with E-state index in [0.717, 1.165) is 31.2 Å². The van der Waals surface area contributed by atoms with Gasteiger partial charge in [0.15, 0.2) is 0 Å². The Morgan fingerprint density at radius 1 is 1.00 bits per heavy atom. The van der Waals surface area contributed by atoms with Crippen LogP contribution in [-0.2, 0) is 14.8 Å². The van der Waals surface area contributed by atoms with Gasteiger partial charge in [-0.25, -0.2) is 0 Å². The Hall–Kier alpha value is -2.67. The summed E-state index contributed by atoms with van der Waals surface area (Å²) in [5.74, 6) is 0.126. The Balaban J connectivity index is 1.68. The summed E-state index contributed by atoms with van der Waals surface area (Å²) in [6.07, 6.45) is 5.28. The molecule has 0 heterocycles.